The summed E-state index contributed by atoms with van der Waals surface area (Å²) in [5.74, 6) is -0.370. The van der Waals surface area contributed by atoms with E-state index in [9.17, 15) is 9.59 Å². The van der Waals surface area contributed by atoms with Crippen molar-refractivity contribution in [3.05, 3.63) is 47.5 Å². The summed E-state index contributed by atoms with van der Waals surface area (Å²) >= 11 is 0. The summed E-state index contributed by atoms with van der Waals surface area (Å²) in [5.41, 5.74) is 1.02. The van der Waals surface area contributed by atoms with Crippen LogP contribution in [0.1, 0.15) is 48.4 Å². The van der Waals surface area contributed by atoms with Crippen molar-refractivity contribution >= 4 is 20.1 Å². The molecular formula is C22H34N2O3Si. The second-order valence-electron chi connectivity index (χ2n) is 8.74. The van der Waals surface area contributed by atoms with Gasteiger partial charge in [-0.1, -0.05) is 52.0 Å². The van der Waals surface area contributed by atoms with E-state index in [0.29, 0.717) is 30.8 Å². The summed E-state index contributed by atoms with van der Waals surface area (Å²) in [6.45, 7) is 16.6. The molecule has 0 unspecified atom stereocenters. The van der Waals surface area contributed by atoms with Crippen molar-refractivity contribution in [3.8, 4) is 0 Å². The van der Waals surface area contributed by atoms with Crippen molar-refractivity contribution in [2.24, 2.45) is 0 Å². The molecule has 5 nitrogen and oxygen atoms in total. The zero-order chi connectivity index (χ0) is 20.9. The quantitative estimate of drug-likeness (QED) is 0.353. The van der Waals surface area contributed by atoms with E-state index in [0.717, 1.165) is 13.1 Å². The lowest BCUT2D eigenvalue weighted by Crippen LogP contribution is -2.40. The predicted octanol–water partition coefficient (Wildman–Crippen LogP) is 4.18. The highest BCUT2D eigenvalue weighted by atomic mass is 28.4. The Hall–Kier alpha value is -1.76. The molecule has 1 aromatic carbocycles. The molecule has 1 aliphatic rings. The maximum absolute atomic E-state index is 12.4. The first-order chi connectivity index (χ1) is 13.1. The largest absolute Gasteiger partial charge is 0.413 e. The van der Waals surface area contributed by atoms with E-state index in [1.54, 1.807) is 24.3 Å². The summed E-state index contributed by atoms with van der Waals surface area (Å²) in [7, 11) is -1.72. The second kappa shape index (κ2) is 9.16. The predicted molar refractivity (Wildman–Crippen MR) is 116 cm³/mol. The molecule has 28 heavy (non-hydrogen) atoms. The van der Waals surface area contributed by atoms with Crippen LogP contribution < -0.4 is 0 Å². The Morgan fingerprint density at radius 1 is 1.07 bits per heavy atom. The lowest BCUT2D eigenvalue weighted by atomic mass is 10.1. The molecular weight excluding hydrogens is 368 g/mol. The summed E-state index contributed by atoms with van der Waals surface area (Å²) in [6.07, 6.45) is 4.18. The summed E-state index contributed by atoms with van der Waals surface area (Å²) in [5, 5.41) is 0.211. The van der Waals surface area contributed by atoms with Crippen molar-refractivity contribution in [3.63, 3.8) is 0 Å². The molecule has 2 amide bonds. The van der Waals surface area contributed by atoms with E-state index in [1.807, 2.05) is 0 Å². The van der Waals surface area contributed by atoms with Crippen LogP contribution in [0.5, 0.6) is 0 Å². The molecule has 6 heteroatoms. The third kappa shape index (κ3) is 5.19. The van der Waals surface area contributed by atoms with E-state index >= 15 is 0 Å². The molecule has 154 valence electrons. The zero-order valence-corrected chi connectivity index (χ0v) is 19.1. The zero-order valence-electron chi connectivity index (χ0n) is 18.1. The highest BCUT2D eigenvalue weighted by Crippen LogP contribution is 2.36. The number of carbonyl (C=O) groups excluding carboxylic acids is 2. The normalized spacial score (nSPS) is 15.2. The molecule has 0 bridgehead atoms. The Morgan fingerprint density at radius 2 is 1.64 bits per heavy atom. The fraction of sp³-hybridized carbons (Fsp3) is 0.545. The number of hydrogen-bond acceptors (Lipinski definition) is 4. The number of likely N-dealkylation sites (N-methyl/N-ethyl adjacent to an activating group) is 1. The number of fused-ring (bicyclic) bond motifs is 1. The van der Waals surface area contributed by atoms with E-state index in [1.165, 1.54) is 4.90 Å². The average molecular weight is 403 g/mol. The van der Waals surface area contributed by atoms with Crippen molar-refractivity contribution in [2.75, 3.05) is 32.8 Å². The van der Waals surface area contributed by atoms with E-state index in [-0.39, 0.29) is 16.9 Å². The highest BCUT2D eigenvalue weighted by molar-refractivity contribution is 6.74. The Morgan fingerprint density at radius 3 is 2.14 bits per heavy atom. The van der Waals surface area contributed by atoms with Gasteiger partial charge in [0.2, 0.25) is 0 Å². The monoisotopic (exact) mass is 402 g/mol. The van der Waals surface area contributed by atoms with E-state index in [2.05, 4.69) is 57.8 Å². The van der Waals surface area contributed by atoms with Gasteiger partial charge in [-0.05, 0) is 36.8 Å². The third-order valence-corrected chi connectivity index (χ3v) is 10.3. The number of benzene rings is 1. The molecule has 0 atom stereocenters. The fourth-order valence-electron chi connectivity index (χ4n) is 2.83. The van der Waals surface area contributed by atoms with E-state index < -0.39 is 8.32 Å². The van der Waals surface area contributed by atoms with Gasteiger partial charge in [-0.15, -0.1) is 0 Å². The van der Waals surface area contributed by atoms with Gasteiger partial charge in [0, 0.05) is 19.6 Å². The standard InChI is InChI=1S/C22H34N2O3Si/c1-7-23(14-10-11-17-27-28(5,6)22(2,3)4)15-16-24-20(25)18-12-8-9-13-19(18)21(24)26/h8-13H,7,14-17H2,1-6H3/b11-10+. The molecule has 0 spiro atoms. The van der Waals surface area contributed by atoms with Crippen LogP contribution in [0.25, 0.3) is 0 Å². The van der Waals surface area contributed by atoms with Gasteiger partial charge >= 0.3 is 0 Å². The number of rotatable bonds is 9. The number of imide groups is 1. The molecule has 1 aliphatic heterocycles. The Labute approximate surface area is 170 Å². The Bertz CT molecular complexity index is 703. The van der Waals surface area contributed by atoms with Crippen LogP contribution in [0, 0.1) is 0 Å². The van der Waals surface area contributed by atoms with Crippen LogP contribution in [0.2, 0.25) is 18.1 Å². The number of nitrogens with zero attached hydrogens (tertiary/aromatic N) is 2. The van der Waals surface area contributed by atoms with Crippen LogP contribution in [0.3, 0.4) is 0 Å². The van der Waals surface area contributed by atoms with Crippen LogP contribution in [-0.2, 0) is 4.43 Å². The summed E-state index contributed by atoms with van der Waals surface area (Å²) in [4.78, 5) is 28.5. The molecule has 0 aliphatic carbocycles. The molecule has 1 aromatic rings. The summed E-state index contributed by atoms with van der Waals surface area (Å²) < 4.78 is 6.15. The minimum atomic E-state index is -1.72. The summed E-state index contributed by atoms with van der Waals surface area (Å²) in [6, 6.07) is 7.03. The Kier molecular flexibility index (Phi) is 7.37. The first kappa shape index (κ1) is 22.5. The molecule has 0 radical (unpaired) electrons. The highest BCUT2D eigenvalue weighted by Gasteiger charge is 2.37. The first-order valence-corrected chi connectivity index (χ1v) is 13.0. The molecule has 0 aromatic heterocycles. The van der Waals surface area contributed by atoms with E-state index in [4.69, 9.17) is 4.43 Å². The fourth-order valence-corrected chi connectivity index (χ4v) is 3.77. The number of amides is 2. The Balaban J connectivity index is 1.81. The maximum Gasteiger partial charge on any atom is 0.261 e. The lowest BCUT2D eigenvalue weighted by molar-refractivity contribution is 0.0639. The first-order valence-electron chi connectivity index (χ1n) is 10.0. The molecule has 2 rings (SSSR count). The van der Waals surface area contributed by atoms with Gasteiger partial charge in [0.05, 0.1) is 17.7 Å². The smallest absolute Gasteiger partial charge is 0.261 e. The average Bonchev–Trinajstić information content (AvgIpc) is 2.87. The minimum Gasteiger partial charge on any atom is -0.413 e. The van der Waals surface area contributed by atoms with Crippen molar-refractivity contribution in [2.45, 2.75) is 45.8 Å². The lowest BCUT2D eigenvalue weighted by Gasteiger charge is -2.35. The van der Waals surface area contributed by atoms with Crippen molar-refractivity contribution in [1.29, 1.82) is 0 Å². The second-order valence-corrected chi connectivity index (χ2v) is 13.6. The minimum absolute atomic E-state index is 0.185. The van der Waals surface area contributed by atoms with Crippen LogP contribution in [0.15, 0.2) is 36.4 Å². The maximum atomic E-state index is 12.4. The molecule has 1 heterocycles. The van der Waals surface area contributed by atoms with Crippen LogP contribution in [-0.4, -0.2) is 62.7 Å². The van der Waals surface area contributed by atoms with Gasteiger partial charge in [-0.2, -0.15) is 0 Å². The number of hydrogen-bond donors (Lipinski definition) is 0. The third-order valence-electron chi connectivity index (χ3n) is 5.84. The van der Waals surface area contributed by atoms with Gasteiger partial charge in [0.1, 0.15) is 0 Å². The van der Waals surface area contributed by atoms with Crippen molar-refractivity contribution < 1.29 is 14.0 Å². The molecule has 0 saturated carbocycles. The van der Waals surface area contributed by atoms with Crippen LogP contribution >= 0.6 is 0 Å². The molecule has 0 N–H and O–H groups in total. The van der Waals surface area contributed by atoms with Gasteiger partial charge in [-0.25, -0.2) is 0 Å². The van der Waals surface area contributed by atoms with Gasteiger partial charge in [-0.3, -0.25) is 19.4 Å². The topological polar surface area (TPSA) is 49.9 Å². The SMILES string of the molecule is CCN(C/C=C/CO[Si](C)(C)C(C)(C)C)CCN1C(=O)c2ccccc2C1=O. The molecule has 0 saturated heterocycles. The van der Waals surface area contributed by atoms with Gasteiger partial charge in [0.15, 0.2) is 8.32 Å². The van der Waals surface area contributed by atoms with Gasteiger partial charge < -0.3 is 4.43 Å². The van der Waals surface area contributed by atoms with Crippen molar-refractivity contribution in [1.82, 2.24) is 9.80 Å². The van der Waals surface area contributed by atoms with Gasteiger partial charge in [0.25, 0.3) is 11.8 Å². The van der Waals surface area contributed by atoms with Crippen LogP contribution in [0.4, 0.5) is 0 Å². The molecule has 0 fully saturated rings. The number of carbonyl (C=O) groups is 2.